The molecule has 3 saturated heterocycles. The molecule has 0 saturated carbocycles. The topological polar surface area (TPSA) is 70.2 Å². The summed E-state index contributed by atoms with van der Waals surface area (Å²) < 4.78 is 5.62. The minimum Gasteiger partial charge on any atom is -0.484 e. The predicted octanol–water partition coefficient (Wildman–Crippen LogP) is 3.69. The van der Waals surface area contributed by atoms with Crippen LogP contribution < -0.4 is 9.64 Å². The van der Waals surface area contributed by atoms with E-state index in [0.717, 1.165) is 10.8 Å². The van der Waals surface area contributed by atoms with Gasteiger partial charge < -0.3 is 14.5 Å². The first-order valence-electron chi connectivity index (χ1n) is 10.8. The number of imide groups is 1. The maximum Gasteiger partial charge on any atom is 0.332 e. The molecule has 3 heterocycles. The van der Waals surface area contributed by atoms with Crippen LogP contribution in [-0.4, -0.2) is 58.9 Å². The molecular formula is C25H20ClN3O4. The highest BCUT2D eigenvalue weighted by molar-refractivity contribution is 6.30. The number of fused-ring (bicyclic) bond motifs is 6. The zero-order valence-corrected chi connectivity index (χ0v) is 18.3. The van der Waals surface area contributed by atoms with Crippen molar-refractivity contribution < 1.29 is 19.1 Å². The van der Waals surface area contributed by atoms with Gasteiger partial charge in [0, 0.05) is 17.0 Å². The first-order valence-corrected chi connectivity index (χ1v) is 11.2. The van der Waals surface area contributed by atoms with E-state index in [-0.39, 0.29) is 36.5 Å². The third-order valence-electron chi connectivity index (χ3n) is 6.77. The highest BCUT2D eigenvalue weighted by Crippen LogP contribution is 2.43. The Bertz CT molecular complexity index is 1290. The molecule has 3 aliphatic rings. The number of piperazine rings is 1. The van der Waals surface area contributed by atoms with Crippen LogP contribution in [0.25, 0.3) is 10.8 Å². The predicted molar refractivity (Wildman–Crippen MR) is 123 cm³/mol. The molecule has 0 spiro atoms. The summed E-state index contributed by atoms with van der Waals surface area (Å²) in [6, 6.07) is 18.6. The average molecular weight is 462 g/mol. The lowest BCUT2D eigenvalue weighted by Crippen LogP contribution is -2.55. The maximum absolute atomic E-state index is 13.5. The van der Waals surface area contributed by atoms with Gasteiger partial charge in [0.25, 0.3) is 11.8 Å². The number of ether oxygens (including phenoxy) is 1. The van der Waals surface area contributed by atoms with Crippen LogP contribution in [0.4, 0.5) is 10.5 Å². The van der Waals surface area contributed by atoms with Gasteiger partial charge in [0.2, 0.25) is 0 Å². The molecule has 0 N–H and O–H groups in total. The molecule has 33 heavy (non-hydrogen) atoms. The fourth-order valence-electron chi connectivity index (χ4n) is 5.33. The Balaban J connectivity index is 1.23. The maximum atomic E-state index is 13.5. The van der Waals surface area contributed by atoms with Gasteiger partial charge in [-0.1, -0.05) is 48.0 Å². The lowest BCUT2D eigenvalue weighted by molar-refractivity contribution is -0.137. The molecule has 0 aliphatic carbocycles. The van der Waals surface area contributed by atoms with E-state index in [1.54, 1.807) is 40.1 Å². The van der Waals surface area contributed by atoms with Gasteiger partial charge in [0.1, 0.15) is 11.8 Å². The highest BCUT2D eigenvalue weighted by atomic mass is 35.5. The molecule has 3 aliphatic heterocycles. The van der Waals surface area contributed by atoms with Crippen molar-refractivity contribution in [3.63, 3.8) is 0 Å². The Morgan fingerprint density at radius 2 is 1.76 bits per heavy atom. The number of carbonyl (C=O) groups is 3. The Hall–Kier alpha value is -3.58. The molecule has 3 fully saturated rings. The van der Waals surface area contributed by atoms with Crippen molar-refractivity contribution in [2.75, 3.05) is 18.1 Å². The fourth-order valence-corrected chi connectivity index (χ4v) is 5.45. The Morgan fingerprint density at radius 1 is 1.00 bits per heavy atom. The number of rotatable bonds is 4. The number of hydrogen-bond donors (Lipinski definition) is 0. The molecule has 7 nitrogen and oxygen atoms in total. The third kappa shape index (κ3) is 3.07. The number of nitrogens with zero attached hydrogens (tertiary/aromatic N) is 3. The van der Waals surface area contributed by atoms with Crippen LogP contribution >= 0.6 is 11.6 Å². The van der Waals surface area contributed by atoms with Crippen molar-refractivity contribution in [3.8, 4) is 5.75 Å². The summed E-state index contributed by atoms with van der Waals surface area (Å²) in [4.78, 5) is 44.4. The molecule has 3 aromatic rings. The number of carbonyl (C=O) groups excluding carboxylic acids is 3. The van der Waals surface area contributed by atoms with Crippen molar-refractivity contribution in [1.29, 1.82) is 0 Å². The molecule has 3 aromatic carbocycles. The van der Waals surface area contributed by atoms with Crippen molar-refractivity contribution >= 4 is 45.9 Å². The summed E-state index contributed by atoms with van der Waals surface area (Å²) in [6.07, 6.45) is 0.609. The van der Waals surface area contributed by atoms with Gasteiger partial charge in [-0.15, -0.1) is 0 Å². The summed E-state index contributed by atoms with van der Waals surface area (Å²) in [5.74, 6) is 0.0777. The average Bonchev–Trinajstić information content (AvgIpc) is 3.49. The second kappa shape index (κ2) is 7.49. The molecule has 0 radical (unpaired) electrons. The number of urea groups is 1. The molecule has 4 amide bonds. The molecule has 2 bridgehead atoms. The van der Waals surface area contributed by atoms with Crippen molar-refractivity contribution in [1.82, 2.24) is 9.80 Å². The fraction of sp³-hybridized carbons (Fsp3) is 0.240. The smallest absolute Gasteiger partial charge is 0.332 e. The first-order chi connectivity index (χ1) is 16.0. The molecule has 6 rings (SSSR count). The van der Waals surface area contributed by atoms with Crippen LogP contribution in [0.15, 0.2) is 66.7 Å². The van der Waals surface area contributed by atoms with Gasteiger partial charge in [0.15, 0.2) is 6.61 Å². The Morgan fingerprint density at radius 3 is 2.58 bits per heavy atom. The van der Waals surface area contributed by atoms with Gasteiger partial charge >= 0.3 is 6.03 Å². The lowest BCUT2D eigenvalue weighted by atomic mass is 10.1. The van der Waals surface area contributed by atoms with E-state index >= 15 is 0 Å². The van der Waals surface area contributed by atoms with E-state index in [1.165, 1.54) is 4.90 Å². The first kappa shape index (κ1) is 20.1. The van der Waals surface area contributed by atoms with E-state index in [4.69, 9.17) is 16.3 Å². The number of halogens is 1. The van der Waals surface area contributed by atoms with Gasteiger partial charge in [-0.05, 0) is 42.1 Å². The number of amides is 4. The minimum absolute atomic E-state index is 0.132. The van der Waals surface area contributed by atoms with Crippen molar-refractivity contribution in [2.24, 2.45) is 0 Å². The van der Waals surface area contributed by atoms with Gasteiger partial charge in [-0.3, -0.25) is 9.59 Å². The SMILES string of the molecule is O=C1C2C3C[C@H](CN3C(=O)COc3ccc(Cl)cc3)N2C(=O)N1c1cccc2ccccc12. The highest BCUT2D eigenvalue weighted by Gasteiger charge is 2.62. The van der Waals surface area contributed by atoms with Crippen LogP contribution in [0.5, 0.6) is 5.75 Å². The van der Waals surface area contributed by atoms with Crippen LogP contribution in [0.2, 0.25) is 5.02 Å². The summed E-state index contributed by atoms with van der Waals surface area (Å²) in [5.41, 5.74) is 0.584. The zero-order chi connectivity index (χ0) is 22.7. The minimum atomic E-state index is -0.658. The van der Waals surface area contributed by atoms with Crippen LogP contribution in [-0.2, 0) is 9.59 Å². The standard InChI is InChI=1S/C25H20ClN3O4/c26-16-8-10-18(11-9-16)33-14-22(30)27-13-17-12-21(27)23-24(31)29(25(32)28(17)23)20-7-3-5-15-4-1-2-6-19(15)20/h1-11,17,21,23H,12-14H2/t17-,21?,23?/m1/s1. The number of anilines is 1. The normalized spacial score (nSPS) is 23.5. The number of hydrogen-bond acceptors (Lipinski definition) is 4. The largest absolute Gasteiger partial charge is 0.484 e. The van der Waals surface area contributed by atoms with Gasteiger partial charge in [-0.2, -0.15) is 0 Å². The van der Waals surface area contributed by atoms with E-state index in [0.29, 0.717) is 29.4 Å². The van der Waals surface area contributed by atoms with Crippen LogP contribution in [0, 0.1) is 0 Å². The number of benzene rings is 3. The molecular weight excluding hydrogens is 442 g/mol. The van der Waals surface area contributed by atoms with E-state index in [1.807, 2.05) is 36.4 Å². The molecule has 8 heteroatoms. The number of likely N-dealkylation sites (tertiary alicyclic amines) is 1. The Kier molecular flexibility index (Phi) is 4.55. The third-order valence-corrected chi connectivity index (χ3v) is 7.02. The quantitative estimate of drug-likeness (QED) is 0.556. The van der Waals surface area contributed by atoms with Crippen molar-refractivity contribution in [3.05, 3.63) is 71.8 Å². The molecule has 0 aromatic heterocycles. The molecule has 166 valence electrons. The second-order valence-electron chi connectivity index (χ2n) is 8.55. The monoisotopic (exact) mass is 461 g/mol. The van der Waals surface area contributed by atoms with Crippen LogP contribution in [0.1, 0.15) is 6.42 Å². The van der Waals surface area contributed by atoms with Gasteiger partial charge in [0.05, 0.1) is 17.8 Å². The van der Waals surface area contributed by atoms with E-state index in [2.05, 4.69) is 0 Å². The summed E-state index contributed by atoms with van der Waals surface area (Å²) in [5, 5.41) is 2.40. The summed E-state index contributed by atoms with van der Waals surface area (Å²) in [7, 11) is 0. The summed E-state index contributed by atoms with van der Waals surface area (Å²) >= 11 is 5.89. The second-order valence-corrected chi connectivity index (χ2v) is 8.99. The molecule has 3 atom stereocenters. The van der Waals surface area contributed by atoms with E-state index < -0.39 is 6.04 Å². The van der Waals surface area contributed by atoms with E-state index in [9.17, 15) is 14.4 Å². The lowest BCUT2D eigenvalue weighted by Gasteiger charge is -2.34. The molecule has 2 unspecified atom stereocenters. The summed E-state index contributed by atoms with van der Waals surface area (Å²) in [6.45, 7) is 0.277. The Labute approximate surface area is 195 Å². The van der Waals surface area contributed by atoms with Crippen molar-refractivity contribution in [2.45, 2.75) is 24.5 Å². The van der Waals surface area contributed by atoms with Crippen LogP contribution in [0.3, 0.4) is 0 Å². The zero-order valence-electron chi connectivity index (χ0n) is 17.6. The van der Waals surface area contributed by atoms with Gasteiger partial charge in [-0.25, -0.2) is 9.69 Å².